The summed E-state index contributed by atoms with van der Waals surface area (Å²) in [5.41, 5.74) is 28.1. The van der Waals surface area contributed by atoms with Crippen LogP contribution < -0.4 is 92.5 Å². The van der Waals surface area contributed by atoms with Gasteiger partial charge in [-0.1, -0.05) is 91.6 Å². The second-order valence-corrected chi connectivity index (χ2v) is 25.7. The molecule has 0 aliphatic rings. The summed E-state index contributed by atoms with van der Waals surface area (Å²) in [7, 11) is 0. The lowest BCUT2D eigenvalue weighted by molar-refractivity contribution is -0.143. The van der Waals surface area contributed by atoms with Gasteiger partial charge in [0, 0.05) is 45.2 Å². The first-order chi connectivity index (χ1) is 49.7. The maximum Gasteiger partial charge on any atom is 0.326 e. The van der Waals surface area contributed by atoms with Crippen LogP contribution in [0.2, 0.25) is 0 Å². The third-order valence-corrected chi connectivity index (χ3v) is 16.4. The van der Waals surface area contributed by atoms with Crippen LogP contribution in [0, 0.1) is 17.8 Å². The number of carboxylic acid groups (broad SMARTS) is 4. The van der Waals surface area contributed by atoms with E-state index in [0.29, 0.717) is 12.0 Å². The zero-order chi connectivity index (χ0) is 80.5. The molecule has 26 N–H and O–H groups in total. The molecule has 0 saturated carbocycles. The van der Waals surface area contributed by atoms with Crippen molar-refractivity contribution in [2.24, 2.45) is 56.4 Å². The summed E-state index contributed by atoms with van der Waals surface area (Å²) < 4.78 is 0. The largest absolute Gasteiger partial charge is 0.481 e. The number of aliphatic carboxylic acids is 4. The molecule has 0 fully saturated rings. The zero-order valence-corrected chi connectivity index (χ0v) is 60.9. The molecule has 592 valence electrons. The van der Waals surface area contributed by atoms with E-state index < -0.39 is 230 Å². The molecule has 40 nitrogen and oxygen atoms in total. The molecule has 13 amide bonds. The minimum Gasteiger partial charge on any atom is -0.481 e. The number of aliphatic imine (C=N–C) groups is 2. The van der Waals surface area contributed by atoms with Gasteiger partial charge in [-0.25, -0.2) is 4.79 Å². The topological polar surface area (TPSA) is 670 Å². The van der Waals surface area contributed by atoms with Gasteiger partial charge in [0.25, 0.3) is 0 Å². The fourth-order valence-corrected chi connectivity index (χ4v) is 10.1. The lowest BCUT2D eigenvalue weighted by atomic mass is 9.97. The average molecular weight is 1500 g/mol. The molecule has 1 rings (SSSR count). The van der Waals surface area contributed by atoms with Crippen LogP contribution >= 0.6 is 0 Å². The number of guanidine groups is 2. The molecule has 106 heavy (non-hydrogen) atoms. The van der Waals surface area contributed by atoms with E-state index in [1.54, 1.807) is 71.9 Å². The first-order valence-electron chi connectivity index (χ1n) is 34.6. The average Bonchev–Trinajstić information content (AvgIpc) is 0.866. The summed E-state index contributed by atoms with van der Waals surface area (Å²) in [6, 6.07) is -9.33. The fraction of sp³-hybridized carbons (Fsp3) is 0.621. The van der Waals surface area contributed by atoms with Gasteiger partial charge in [-0.15, -0.1) is 0 Å². The van der Waals surface area contributed by atoms with Gasteiger partial charge in [-0.2, -0.15) is 0 Å². The Morgan fingerprint density at radius 1 is 0.406 bits per heavy atom. The van der Waals surface area contributed by atoms with Crippen molar-refractivity contribution >= 4 is 113 Å². The number of carbonyl (C=O) groups is 17. The number of nitrogens with one attached hydrogen (secondary N) is 12. The number of nitrogens with zero attached hydrogens (tertiary/aromatic N) is 2. The molecule has 0 aromatic heterocycles. The SMILES string of the molecule is CCC(=O)N[C@H](C(=O)N[C@@H](C)C(=O)N[C@@H](CCC(N)=O)C(=O)N[C@@H](CCC(=O)O)C(=O)N[C@@H](CC(C)C)C(=O)N[C@@H](CCCN=C(N)N)C(=O)N[C@@H](CCCN=C(N)N)C(=O)N[C@H](C(=O)NCC(=O)N[C@@H](CC(=O)O)C(=O)N[C@@H](CCC(=O)O)C(=O)N[C@@H](Cc1ccccc1)C(=O)O)[C@@H](C)CC)[C@@H](C)CC. The summed E-state index contributed by atoms with van der Waals surface area (Å²) in [5.74, 6) is -21.2. The molecule has 13 atom stereocenters. The van der Waals surface area contributed by atoms with Crippen molar-refractivity contribution in [2.75, 3.05) is 19.6 Å². The number of hydrogen-bond acceptors (Lipinski definition) is 19. The molecule has 0 heterocycles. The van der Waals surface area contributed by atoms with Gasteiger partial charge in [-0.3, -0.25) is 86.7 Å². The van der Waals surface area contributed by atoms with Gasteiger partial charge in [0.1, 0.15) is 66.5 Å². The van der Waals surface area contributed by atoms with Crippen molar-refractivity contribution in [1.29, 1.82) is 0 Å². The van der Waals surface area contributed by atoms with Gasteiger partial charge in [0.15, 0.2) is 11.9 Å². The Labute approximate surface area is 612 Å². The number of nitrogens with two attached hydrogens (primary N) is 5. The summed E-state index contributed by atoms with van der Waals surface area (Å²) in [6.07, 6.45) is -5.01. The van der Waals surface area contributed by atoms with Crippen molar-refractivity contribution in [3.8, 4) is 0 Å². The van der Waals surface area contributed by atoms with Crippen LogP contribution in [0.5, 0.6) is 0 Å². The molecule has 0 radical (unpaired) electrons. The second-order valence-electron chi connectivity index (χ2n) is 25.7. The Morgan fingerprint density at radius 2 is 0.802 bits per heavy atom. The molecular weight excluding hydrogens is 1390 g/mol. The van der Waals surface area contributed by atoms with Crippen LogP contribution in [0.1, 0.15) is 157 Å². The van der Waals surface area contributed by atoms with Crippen LogP contribution in [0.15, 0.2) is 40.3 Å². The van der Waals surface area contributed by atoms with Crippen molar-refractivity contribution in [3.63, 3.8) is 0 Å². The predicted octanol–water partition coefficient (Wildman–Crippen LogP) is -5.09. The Kier molecular flexibility index (Phi) is 42.6. The number of benzene rings is 1. The van der Waals surface area contributed by atoms with E-state index in [-0.39, 0.29) is 82.3 Å². The van der Waals surface area contributed by atoms with E-state index in [1.807, 2.05) is 0 Å². The van der Waals surface area contributed by atoms with E-state index in [2.05, 4.69) is 73.8 Å². The van der Waals surface area contributed by atoms with E-state index >= 15 is 0 Å². The van der Waals surface area contributed by atoms with Gasteiger partial charge < -0.3 is 113 Å². The molecule has 0 aliphatic carbocycles. The lowest BCUT2D eigenvalue weighted by Gasteiger charge is -2.29. The first-order valence-corrected chi connectivity index (χ1v) is 34.6. The molecule has 1 aromatic rings. The lowest BCUT2D eigenvalue weighted by Crippen LogP contribution is -2.60. The standard InChI is InChI=1S/C66H107N19O21/c1-9-34(6)52(62(103)74-32-48(88)76-44(31-51(93)94)61(102)81-42(23-26-50(91)92)58(99)83-45(64(105)106)30-37-17-13-12-14-18-37)85-59(100)39(20-16-28-73-66(70)71)78-55(96)38(19-15-27-72-65(68)69)79-60(101)43(29-33(4)5)82-57(98)41(22-25-49(89)90)80-56(97)40(21-24-46(67)86)77-54(95)36(8)75-63(104)53(35(7)10-2)84-47(87)11-3/h12-14,17-18,33-36,38-45,52-53H,9-11,15-16,19-32H2,1-8H3,(H2,67,86)(H,74,103)(H,75,104)(H,76,88)(H,77,95)(H,78,96)(H,79,101)(H,80,97)(H,81,102)(H,82,98)(H,83,99)(H,84,87)(H,85,100)(H,89,90)(H,91,92)(H,93,94)(H,105,106)(H4,68,69,72)(H4,70,71,73)/t34-,35-,36-,38-,39-,40-,41-,42-,43-,44-,45-,52-,53-/m0/s1. The zero-order valence-electron chi connectivity index (χ0n) is 60.9. The molecule has 0 aliphatic heterocycles. The van der Waals surface area contributed by atoms with Crippen LogP contribution in [0.3, 0.4) is 0 Å². The Bertz CT molecular complexity index is 3260. The highest BCUT2D eigenvalue weighted by atomic mass is 16.4. The highest BCUT2D eigenvalue weighted by Crippen LogP contribution is 2.15. The Morgan fingerprint density at radius 3 is 1.21 bits per heavy atom. The van der Waals surface area contributed by atoms with E-state index in [1.165, 1.54) is 13.8 Å². The van der Waals surface area contributed by atoms with Gasteiger partial charge in [-0.05, 0) is 81.6 Å². The smallest absolute Gasteiger partial charge is 0.326 e. The molecule has 40 heteroatoms. The molecule has 0 spiro atoms. The third kappa shape index (κ3) is 37.3. The third-order valence-electron chi connectivity index (χ3n) is 16.4. The van der Waals surface area contributed by atoms with Gasteiger partial charge in [0.05, 0.1) is 13.0 Å². The van der Waals surface area contributed by atoms with E-state index in [9.17, 15) is 102 Å². The van der Waals surface area contributed by atoms with Crippen LogP contribution in [0.4, 0.5) is 0 Å². The molecular formula is C66H107N19O21. The van der Waals surface area contributed by atoms with Crippen LogP contribution in [-0.2, 0) is 87.9 Å². The monoisotopic (exact) mass is 1500 g/mol. The second kappa shape index (κ2) is 48.7. The number of primary amides is 1. The highest BCUT2D eigenvalue weighted by Gasteiger charge is 2.38. The van der Waals surface area contributed by atoms with Crippen LogP contribution in [-0.4, -0.2) is 219 Å². The number of carboxylic acids is 4. The fourth-order valence-electron chi connectivity index (χ4n) is 10.1. The molecule has 0 saturated heterocycles. The van der Waals surface area contributed by atoms with Crippen LogP contribution in [0.25, 0.3) is 0 Å². The predicted molar refractivity (Wildman–Crippen MR) is 381 cm³/mol. The summed E-state index contributed by atoms with van der Waals surface area (Å²) >= 11 is 0. The minimum absolute atomic E-state index is 0.0108. The maximum absolute atomic E-state index is 14.6. The summed E-state index contributed by atoms with van der Waals surface area (Å²) in [6.45, 7) is 11.7. The first kappa shape index (κ1) is 92.8. The van der Waals surface area contributed by atoms with E-state index in [4.69, 9.17) is 28.7 Å². The van der Waals surface area contributed by atoms with Crippen molar-refractivity contribution in [1.82, 2.24) is 63.8 Å². The molecule has 0 bridgehead atoms. The van der Waals surface area contributed by atoms with Crippen molar-refractivity contribution in [3.05, 3.63) is 35.9 Å². The number of carbonyl (C=O) groups excluding carboxylic acids is 13. The Hall–Kier alpha value is -11.3. The van der Waals surface area contributed by atoms with E-state index in [0.717, 1.165) is 0 Å². The quantitative estimate of drug-likeness (QED) is 0.0165. The Balaban J connectivity index is 3.67. The normalized spacial score (nSPS) is 14.6. The minimum atomic E-state index is -1.99. The molecule has 0 unspecified atom stereocenters. The number of amides is 13. The molecule has 1 aromatic carbocycles. The van der Waals surface area contributed by atoms with Gasteiger partial charge >= 0.3 is 23.9 Å². The number of hydrogen-bond donors (Lipinski definition) is 21. The maximum atomic E-state index is 14.6. The number of rotatable bonds is 52. The van der Waals surface area contributed by atoms with Gasteiger partial charge in [0.2, 0.25) is 76.8 Å². The summed E-state index contributed by atoms with van der Waals surface area (Å²) in [4.78, 5) is 234. The highest BCUT2D eigenvalue weighted by molar-refractivity contribution is 6.00. The van der Waals surface area contributed by atoms with Crippen molar-refractivity contribution < 1.29 is 102 Å². The van der Waals surface area contributed by atoms with Crippen molar-refractivity contribution in [2.45, 2.75) is 225 Å². The summed E-state index contributed by atoms with van der Waals surface area (Å²) in [5, 5.41) is 67.7.